The summed E-state index contributed by atoms with van der Waals surface area (Å²) in [5, 5.41) is 5.11. The van der Waals surface area contributed by atoms with E-state index < -0.39 is 22.7 Å². The van der Waals surface area contributed by atoms with E-state index in [-0.39, 0.29) is 5.69 Å². The average Bonchev–Trinajstić information content (AvgIpc) is 2.81. The quantitative estimate of drug-likeness (QED) is 0.254. The van der Waals surface area contributed by atoms with Gasteiger partial charge in [-0.25, -0.2) is 4.98 Å². The highest BCUT2D eigenvalue weighted by atomic mass is 35.5. The predicted molar refractivity (Wildman–Crippen MR) is 134 cm³/mol. The van der Waals surface area contributed by atoms with E-state index in [4.69, 9.17) is 16.3 Å². The molecule has 2 N–H and O–H groups in total. The third-order valence-corrected chi connectivity index (χ3v) is 5.07. The normalized spacial score (nSPS) is 11.6. The van der Waals surface area contributed by atoms with Crippen LogP contribution in [0.4, 0.5) is 24.8 Å². The molecule has 7 nitrogen and oxygen atoms in total. The maximum atomic E-state index is 13.0. The van der Waals surface area contributed by atoms with Gasteiger partial charge in [0.15, 0.2) is 0 Å². The fraction of sp³-hybridized carbons (Fsp3) is 0.240. The maximum absolute atomic E-state index is 13.0. The molecule has 0 radical (unpaired) electrons. The Morgan fingerprint density at radius 2 is 1.97 bits per heavy atom. The van der Waals surface area contributed by atoms with Crippen LogP contribution >= 0.6 is 11.6 Å². The van der Waals surface area contributed by atoms with Crippen LogP contribution in [0.3, 0.4) is 0 Å². The second-order valence-corrected chi connectivity index (χ2v) is 8.40. The largest absolute Gasteiger partial charge is 0.439 e. The van der Waals surface area contributed by atoms with Gasteiger partial charge in [-0.2, -0.15) is 18.2 Å². The average molecular weight is 520 g/mol. The summed E-state index contributed by atoms with van der Waals surface area (Å²) in [5.41, 5.74) is -0.397. The van der Waals surface area contributed by atoms with Crippen molar-refractivity contribution in [2.24, 2.45) is 0 Å². The Bertz CT molecular complexity index is 1220. The molecule has 1 amide bonds. The molecule has 11 heteroatoms. The number of anilines is 2. The summed E-state index contributed by atoms with van der Waals surface area (Å²) in [6, 6.07) is 11.7. The summed E-state index contributed by atoms with van der Waals surface area (Å²) >= 11 is 5.61. The molecule has 3 rings (SSSR count). The van der Waals surface area contributed by atoms with Gasteiger partial charge >= 0.3 is 6.18 Å². The molecule has 0 aliphatic heterocycles. The Labute approximate surface area is 212 Å². The van der Waals surface area contributed by atoms with E-state index in [1.54, 1.807) is 36.5 Å². The summed E-state index contributed by atoms with van der Waals surface area (Å²) in [5.74, 6) is 0.692. The van der Waals surface area contributed by atoms with E-state index >= 15 is 0 Å². The highest BCUT2D eigenvalue weighted by Gasteiger charge is 2.33. The van der Waals surface area contributed by atoms with Crippen molar-refractivity contribution < 1.29 is 22.7 Å². The fourth-order valence-corrected chi connectivity index (χ4v) is 3.28. The molecule has 0 bridgehead atoms. The fourth-order valence-electron chi connectivity index (χ4n) is 3.06. The summed E-state index contributed by atoms with van der Waals surface area (Å²) in [7, 11) is 4.01. The lowest BCUT2D eigenvalue weighted by molar-refractivity contribution is -0.137. The Hall–Kier alpha value is -3.63. The molecule has 190 valence electrons. The number of hydrogen-bond acceptors (Lipinski definition) is 6. The Morgan fingerprint density at radius 3 is 2.72 bits per heavy atom. The van der Waals surface area contributed by atoms with Gasteiger partial charge in [0.25, 0.3) is 0 Å². The zero-order chi connectivity index (χ0) is 26.1. The SMILES string of the molecule is CN(C)CCCNc1nccc(Oc2cccc(/C=C/C(=O)Nc3ccc(Cl)c(C(F)(F)F)c3)c2)n1. The summed E-state index contributed by atoms with van der Waals surface area (Å²) < 4.78 is 44.8. The first-order valence-electron chi connectivity index (χ1n) is 11.0. The van der Waals surface area contributed by atoms with Crippen LogP contribution in [0.15, 0.2) is 60.8 Å². The van der Waals surface area contributed by atoms with Crippen molar-refractivity contribution in [1.82, 2.24) is 14.9 Å². The Kier molecular flexibility index (Phi) is 9.26. The van der Waals surface area contributed by atoms with E-state index in [2.05, 4.69) is 25.5 Å². The summed E-state index contributed by atoms with van der Waals surface area (Å²) in [6.07, 6.45) is 0.624. The number of amides is 1. The van der Waals surface area contributed by atoms with Gasteiger partial charge in [-0.3, -0.25) is 4.79 Å². The lowest BCUT2D eigenvalue weighted by atomic mass is 10.2. The van der Waals surface area contributed by atoms with Gasteiger partial charge in [0.05, 0.1) is 10.6 Å². The number of alkyl halides is 3. The predicted octanol–water partition coefficient (Wildman–Crippen LogP) is 5.96. The number of benzene rings is 2. The second-order valence-electron chi connectivity index (χ2n) is 7.99. The van der Waals surface area contributed by atoms with Crippen molar-refractivity contribution in [2.75, 3.05) is 37.8 Å². The third-order valence-electron chi connectivity index (χ3n) is 4.74. The molecule has 2 aromatic carbocycles. The number of nitrogens with one attached hydrogen (secondary N) is 2. The number of carbonyl (C=O) groups excluding carboxylic acids is 1. The smallest absolute Gasteiger partial charge is 0.417 e. The first-order chi connectivity index (χ1) is 17.1. The highest BCUT2D eigenvalue weighted by molar-refractivity contribution is 6.31. The van der Waals surface area contributed by atoms with Crippen LogP contribution in [-0.2, 0) is 11.0 Å². The lowest BCUT2D eigenvalue weighted by Crippen LogP contribution is -2.17. The number of hydrogen-bond donors (Lipinski definition) is 2. The lowest BCUT2D eigenvalue weighted by Gasteiger charge is -2.11. The first kappa shape index (κ1) is 27.0. The molecule has 0 aliphatic carbocycles. The molecular weight excluding hydrogens is 495 g/mol. The Balaban J connectivity index is 1.60. The molecule has 3 aromatic rings. The van der Waals surface area contributed by atoms with E-state index in [1.807, 2.05) is 14.1 Å². The summed E-state index contributed by atoms with van der Waals surface area (Å²) in [6.45, 7) is 1.66. The van der Waals surface area contributed by atoms with Gasteiger partial charge in [0.2, 0.25) is 17.7 Å². The van der Waals surface area contributed by atoms with Crippen LogP contribution in [-0.4, -0.2) is 48.0 Å². The van der Waals surface area contributed by atoms with Gasteiger partial charge < -0.3 is 20.3 Å². The minimum atomic E-state index is -4.62. The van der Waals surface area contributed by atoms with Crippen LogP contribution in [0.25, 0.3) is 6.08 Å². The van der Waals surface area contributed by atoms with E-state index in [9.17, 15) is 18.0 Å². The van der Waals surface area contributed by atoms with Crippen LogP contribution in [0.2, 0.25) is 5.02 Å². The minimum absolute atomic E-state index is 0.0200. The van der Waals surface area contributed by atoms with Gasteiger partial charge in [-0.1, -0.05) is 23.7 Å². The van der Waals surface area contributed by atoms with Gasteiger partial charge in [-0.05, 0) is 69.0 Å². The standard InChI is InChI=1S/C25H25ClF3N5O2/c1-34(2)14-4-12-30-24-31-13-11-23(33-24)36-19-6-3-5-17(15-19)7-10-22(35)32-18-8-9-21(26)20(16-18)25(27,28)29/h3,5-11,13,15-16H,4,12,14H2,1-2H3,(H,32,35)(H,30,31,33)/b10-7+. The van der Waals surface area contributed by atoms with Crippen molar-refractivity contribution in [2.45, 2.75) is 12.6 Å². The van der Waals surface area contributed by atoms with Crippen LogP contribution in [0, 0.1) is 0 Å². The number of aromatic nitrogens is 2. The van der Waals surface area contributed by atoms with Gasteiger partial charge in [-0.15, -0.1) is 0 Å². The van der Waals surface area contributed by atoms with E-state index in [0.29, 0.717) is 23.1 Å². The zero-order valence-corrected chi connectivity index (χ0v) is 20.4. The molecular formula is C25H25ClF3N5O2. The van der Waals surface area contributed by atoms with Crippen molar-refractivity contribution in [1.29, 1.82) is 0 Å². The molecule has 0 fully saturated rings. The second kappa shape index (κ2) is 12.4. The van der Waals surface area contributed by atoms with E-state index in [1.165, 1.54) is 18.2 Å². The molecule has 0 saturated heterocycles. The zero-order valence-electron chi connectivity index (χ0n) is 19.6. The van der Waals surface area contributed by atoms with Gasteiger partial charge in [0, 0.05) is 30.6 Å². The van der Waals surface area contributed by atoms with Crippen LogP contribution < -0.4 is 15.4 Å². The van der Waals surface area contributed by atoms with Crippen LogP contribution in [0.5, 0.6) is 11.6 Å². The monoisotopic (exact) mass is 519 g/mol. The van der Waals surface area contributed by atoms with Crippen molar-refractivity contribution in [3.8, 4) is 11.6 Å². The Morgan fingerprint density at radius 1 is 1.17 bits per heavy atom. The van der Waals surface area contributed by atoms with Crippen molar-refractivity contribution in [3.63, 3.8) is 0 Å². The third kappa shape index (κ3) is 8.54. The maximum Gasteiger partial charge on any atom is 0.417 e. The van der Waals surface area contributed by atoms with Crippen molar-refractivity contribution in [3.05, 3.63) is 77.0 Å². The number of nitrogens with zero attached hydrogens (tertiary/aromatic N) is 3. The van der Waals surface area contributed by atoms with Crippen molar-refractivity contribution >= 4 is 35.2 Å². The molecule has 0 spiro atoms. The number of carbonyl (C=O) groups is 1. The molecule has 0 unspecified atom stereocenters. The molecule has 36 heavy (non-hydrogen) atoms. The minimum Gasteiger partial charge on any atom is -0.439 e. The molecule has 0 saturated carbocycles. The first-order valence-corrected chi connectivity index (χ1v) is 11.3. The molecule has 1 heterocycles. The molecule has 0 atom stereocenters. The number of rotatable bonds is 10. The van der Waals surface area contributed by atoms with E-state index in [0.717, 1.165) is 31.6 Å². The highest BCUT2D eigenvalue weighted by Crippen LogP contribution is 2.36. The molecule has 0 aliphatic rings. The summed E-state index contributed by atoms with van der Waals surface area (Å²) in [4.78, 5) is 22.8. The topological polar surface area (TPSA) is 79.4 Å². The number of halogens is 4. The molecule has 1 aromatic heterocycles. The van der Waals surface area contributed by atoms with Crippen LogP contribution in [0.1, 0.15) is 17.5 Å². The number of ether oxygens (including phenoxy) is 1. The van der Waals surface area contributed by atoms with Gasteiger partial charge in [0.1, 0.15) is 5.75 Å².